The predicted octanol–water partition coefficient (Wildman–Crippen LogP) is 3.35. The molecule has 7 nitrogen and oxygen atoms in total. The van der Waals surface area contributed by atoms with Gasteiger partial charge in [-0.15, -0.1) is 0 Å². The highest BCUT2D eigenvalue weighted by molar-refractivity contribution is 6.00. The van der Waals surface area contributed by atoms with Crippen LogP contribution in [0, 0.1) is 0 Å². The second-order valence-corrected chi connectivity index (χ2v) is 7.48. The lowest BCUT2D eigenvalue weighted by Gasteiger charge is -2.34. The Kier molecular flexibility index (Phi) is 3.82. The summed E-state index contributed by atoms with van der Waals surface area (Å²) in [6.45, 7) is 0. The quantitative estimate of drug-likeness (QED) is 0.757. The number of rotatable bonds is 3. The van der Waals surface area contributed by atoms with Crippen LogP contribution >= 0.6 is 0 Å². The summed E-state index contributed by atoms with van der Waals surface area (Å²) < 4.78 is 7.36. The van der Waals surface area contributed by atoms with Crippen LogP contribution in [0.1, 0.15) is 36.1 Å². The fourth-order valence-electron chi connectivity index (χ4n) is 4.14. The van der Waals surface area contributed by atoms with Crippen LogP contribution in [-0.2, 0) is 4.79 Å². The number of allylic oxidation sites excluding steroid dienone is 2. The molecule has 2 aromatic heterocycles. The Morgan fingerprint density at radius 3 is 2.71 bits per heavy atom. The summed E-state index contributed by atoms with van der Waals surface area (Å²) in [4.78, 5) is 19.6. The van der Waals surface area contributed by atoms with Crippen LogP contribution in [0.5, 0.6) is 0 Å². The topological polar surface area (TPSA) is 76.2 Å². The molecule has 3 heterocycles. The van der Waals surface area contributed by atoms with Gasteiger partial charge in [0.05, 0.1) is 6.26 Å². The van der Waals surface area contributed by atoms with Crippen LogP contribution < -0.4 is 10.2 Å². The minimum absolute atomic E-state index is 0.0417. The van der Waals surface area contributed by atoms with Crippen LogP contribution in [0.4, 0.5) is 11.6 Å². The second kappa shape index (κ2) is 6.37. The molecule has 1 aliphatic carbocycles. The van der Waals surface area contributed by atoms with E-state index in [1.165, 1.54) is 6.33 Å². The Morgan fingerprint density at radius 2 is 2.00 bits per heavy atom. The minimum Gasteiger partial charge on any atom is -0.469 e. The van der Waals surface area contributed by atoms with E-state index < -0.39 is 0 Å². The van der Waals surface area contributed by atoms with Gasteiger partial charge in [0.2, 0.25) is 5.95 Å². The van der Waals surface area contributed by atoms with Crippen molar-refractivity contribution in [1.82, 2.24) is 14.8 Å². The third-order valence-electron chi connectivity index (χ3n) is 5.53. The normalized spacial score (nSPS) is 21.1. The van der Waals surface area contributed by atoms with Gasteiger partial charge in [-0.25, -0.2) is 4.68 Å². The van der Waals surface area contributed by atoms with Gasteiger partial charge < -0.3 is 14.6 Å². The highest BCUT2D eigenvalue weighted by atomic mass is 16.3. The number of benzene rings is 1. The number of furan rings is 1. The Morgan fingerprint density at radius 1 is 1.18 bits per heavy atom. The Bertz CT molecular complexity index is 1050. The third kappa shape index (κ3) is 2.62. The number of nitrogens with one attached hydrogen (secondary N) is 1. The van der Waals surface area contributed by atoms with Gasteiger partial charge in [0.25, 0.3) is 0 Å². The van der Waals surface area contributed by atoms with Crippen molar-refractivity contribution in [2.24, 2.45) is 0 Å². The van der Waals surface area contributed by atoms with E-state index in [4.69, 9.17) is 4.42 Å². The van der Waals surface area contributed by atoms with Crippen molar-refractivity contribution in [2.45, 2.75) is 24.8 Å². The molecule has 0 saturated heterocycles. The smallest absolute Gasteiger partial charge is 0.226 e. The van der Waals surface area contributed by atoms with E-state index in [1.807, 2.05) is 26.2 Å². The fourth-order valence-corrected chi connectivity index (χ4v) is 4.14. The summed E-state index contributed by atoms with van der Waals surface area (Å²) in [5.41, 5.74) is 3.83. The van der Waals surface area contributed by atoms with Gasteiger partial charge in [-0.1, -0.05) is 12.1 Å². The summed E-state index contributed by atoms with van der Waals surface area (Å²) in [6.07, 6.45) is 4.33. The average Bonchev–Trinajstić information content (AvgIpc) is 3.38. The lowest BCUT2D eigenvalue weighted by Crippen LogP contribution is -2.33. The molecular formula is C21H21N5O2. The molecule has 0 radical (unpaired) electrons. The summed E-state index contributed by atoms with van der Waals surface area (Å²) in [5.74, 6) is 1.67. The standard InChI is InChI=1S/C21H21N5O2/c1-25(2)15-7-5-13(6-8-15)20-19-16(24-21-22-12-23-26(20)21)10-14(11-17(19)27)18-4-3-9-28-18/h3-9,12,14,20H,10-11H2,1-2H3,(H,22,23,24)/t14-,20+/m0/s1. The molecule has 0 spiro atoms. The average molecular weight is 375 g/mol. The molecule has 0 fully saturated rings. The molecule has 3 aromatic rings. The molecule has 142 valence electrons. The molecule has 28 heavy (non-hydrogen) atoms. The molecule has 1 aliphatic heterocycles. The molecule has 1 N–H and O–H groups in total. The molecular weight excluding hydrogens is 354 g/mol. The van der Waals surface area contributed by atoms with E-state index in [-0.39, 0.29) is 17.7 Å². The largest absolute Gasteiger partial charge is 0.469 e. The van der Waals surface area contributed by atoms with E-state index >= 15 is 0 Å². The van der Waals surface area contributed by atoms with E-state index in [0.29, 0.717) is 18.8 Å². The molecule has 2 aliphatic rings. The molecule has 1 aromatic carbocycles. The number of Topliss-reactive ketones (excluding diaryl/α,β-unsaturated/α-hetero) is 1. The first-order valence-corrected chi connectivity index (χ1v) is 9.35. The lowest BCUT2D eigenvalue weighted by molar-refractivity contribution is -0.117. The highest BCUT2D eigenvalue weighted by Crippen LogP contribution is 2.43. The van der Waals surface area contributed by atoms with Crippen LogP contribution in [0.25, 0.3) is 0 Å². The van der Waals surface area contributed by atoms with E-state index in [0.717, 1.165) is 28.3 Å². The summed E-state index contributed by atoms with van der Waals surface area (Å²) in [5, 5.41) is 7.72. The first kappa shape index (κ1) is 16.8. The Balaban J connectivity index is 1.58. The fraction of sp³-hybridized carbons (Fsp3) is 0.286. The number of ketones is 1. The van der Waals surface area contributed by atoms with Gasteiger partial charge in [-0.3, -0.25) is 4.79 Å². The number of nitrogens with zero attached hydrogens (tertiary/aromatic N) is 4. The van der Waals surface area contributed by atoms with Crippen molar-refractivity contribution < 1.29 is 9.21 Å². The number of aromatic nitrogens is 3. The Labute approximate surface area is 162 Å². The molecule has 0 saturated carbocycles. The number of fused-ring (bicyclic) bond motifs is 1. The maximum absolute atomic E-state index is 13.2. The summed E-state index contributed by atoms with van der Waals surface area (Å²) in [6, 6.07) is 11.8. The van der Waals surface area contributed by atoms with Gasteiger partial charge in [0.15, 0.2) is 5.78 Å². The maximum Gasteiger partial charge on any atom is 0.226 e. The van der Waals surface area contributed by atoms with Gasteiger partial charge in [-0.2, -0.15) is 10.1 Å². The highest BCUT2D eigenvalue weighted by Gasteiger charge is 2.39. The van der Waals surface area contributed by atoms with Crippen LogP contribution in [-0.4, -0.2) is 34.6 Å². The number of carbonyl (C=O) groups excluding carboxylic acids is 1. The van der Waals surface area contributed by atoms with Crippen LogP contribution in [0.3, 0.4) is 0 Å². The molecule has 0 bridgehead atoms. The Hall–Kier alpha value is -3.35. The van der Waals surface area contributed by atoms with Crippen molar-refractivity contribution in [2.75, 3.05) is 24.3 Å². The van der Waals surface area contributed by atoms with Crippen molar-refractivity contribution >= 4 is 17.4 Å². The SMILES string of the molecule is CN(C)c1ccc([C@@H]2C3=C(C[C@H](c4ccco4)CC3=O)Nc3ncnn32)cc1. The van der Waals surface area contributed by atoms with Crippen molar-refractivity contribution in [3.8, 4) is 0 Å². The van der Waals surface area contributed by atoms with Crippen molar-refractivity contribution in [1.29, 1.82) is 0 Å². The van der Waals surface area contributed by atoms with Gasteiger partial charge >= 0.3 is 0 Å². The molecule has 2 atom stereocenters. The molecule has 0 amide bonds. The van der Waals surface area contributed by atoms with Crippen LogP contribution in [0.15, 0.2) is 64.7 Å². The zero-order chi connectivity index (χ0) is 19.3. The number of carbonyl (C=O) groups is 1. The van der Waals surface area contributed by atoms with E-state index in [2.05, 4.69) is 44.6 Å². The van der Waals surface area contributed by atoms with Gasteiger partial charge in [0, 0.05) is 43.4 Å². The first-order valence-electron chi connectivity index (χ1n) is 9.35. The third-order valence-corrected chi connectivity index (χ3v) is 5.53. The monoisotopic (exact) mass is 375 g/mol. The van der Waals surface area contributed by atoms with Gasteiger partial charge in [-0.05, 0) is 36.2 Å². The number of hydrogen-bond donors (Lipinski definition) is 1. The van der Waals surface area contributed by atoms with E-state index in [1.54, 1.807) is 10.9 Å². The minimum atomic E-state index is -0.269. The molecule has 7 heteroatoms. The van der Waals surface area contributed by atoms with Crippen LogP contribution in [0.2, 0.25) is 0 Å². The number of hydrogen-bond acceptors (Lipinski definition) is 6. The lowest BCUT2D eigenvalue weighted by atomic mass is 9.79. The summed E-state index contributed by atoms with van der Waals surface area (Å²) >= 11 is 0. The zero-order valence-corrected chi connectivity index (χ0v) is 15.8. The summed E-state index contributed by atoms with van der Waals surface area (Å²) in [7, 11) is 4.02. The first-order chi connectivity index (χ1) is 13.6. The van der Waals surface area contributed by atoms with E-state index in [9.17, 15) is 4.79 Å². The van der Waals surface area contributed by atoms with Gasteiger partial charge in [0.1, 0.15) is 18.1 Å². The molecule has 5 rings (SSSR count). The van der Waals surface area contributed by atoms with Crippen molar-refractivity contribution in [3.05, 3.63) is 71.6 Å². The maximum atomic E-state index is 13.2. The second-order valence-electron chi connectivity index (χ2n) is 7.48. The van der Waals surface area contributed by atoms with Crippen molar-refractivity contribution in [3.63, 3.8) is 0 Å². The zero-order valence-electron chi connectivity index (χ0n) is 15.8. The predicted molar refractivity (Wildman–Crippen MR) is 105 cm³/mol. The number of anilines is 2. The molecule has 0 unspecified atom stereocenters.